The smallest absolute Gasteiger partial charge is 0.240 e. The fourth-order valence-corrected chi connectivity index (χ4v) is 3.98. The summed E-state index contributed by atoms with van der Waals surface area (Å²) in [6.07, 6.45) is 0.994. The van der Waals surface area contributed by atoms with Gasteiger partial charge in [0, 0.05) is 37.9 Å². The molecule has 0 radical (unpaired) electrons. The monoisotopic (exact) mass is 359 g/mol. The highest BCUT2D eigenvalue weighted by Gasteiger charge is 2.19. The minimum atomic E-state index is -3.56. The number of nitrogens with zero attached hydrogens (tertiary/aromatic N) is 1. The molecule has 1 amide bonds. The van der Waals surface area contributed by atoms with E-state index in [0.717, 1.165) is 13.0 Å². The second kappa shape index (κ2) is 7.25. The predicted molar refractivity (Wildman–Crippen MR) is 98.3 cm³/mol. The lowest BCUT2D eigenvalue weighted by Crippen LogP contribution is -2.34. The molecule has 132 valence electrons. The van der Waals surface area contributed by atoms with Crippen molar-refractivity contribution >= 4 is 27.3 Å². The van der Waals surface area contributed by atoms with Crippen molar-refractivity contribution in [3.63, 3.8) is 0 Å². The molecule has 25 heavy (non-hydrogen) atoms. The molecule has 1 aliphatic heterocycles. The van der Waals surface area contributed by atoms with Crippen LogP contribution in [0, 0.1) is 0 Å². The molecule has 1 heterocycles. The molecular formula is C18H21N3O3S. The number of para-hydroxylation sites is 1. The van der Waals surface area contributed by atoms with Crippen molar-refractivity contribution in [1.29, 1.82) is 0 Å². The van der Waals surface area contributed by atoms with Crippen LogP contribution in [0.15, 0.2) is 53.4 Å². The molecule has 2 aromatic carbocycles. The second-order valence-electron chi connectivity index (χ2n) is 5.97. The van der Waals surface area contributed by atoms with Crippen LogP contribution >= 0.6 is 0 Å². The quantitative estimate of drug-likeness (QED) is 0.827. The molecule has 0 saturated heterocycles. The van der Waals surface area contributed by atoms with E-state index >= 15 is 0 Å². The molecule has 0 aromatic heterocycles. The Balaban J connectivity index is 1.58. The maximum absolute atomic E-state index is 12.4. The van der Waals surface area contributed by atoms with E-state index in [9.17, 15) is 13.2 Å². The largest absolute Gasteiger partial charge is 0.370 e. The molecule has 6 nitrogen and oxygen atoms in total. The number of fused-ring (bicyclic) bond motifs is 1. The van der Waals surface area contributed by atoms with Gasteiger partial charge in [-0.15, -0.1) is 0 Å². The molecule has 0 atom stereocenters. The molecule has 2 N–H and O–H groups in total. The van der Waals surface area contributed by atoms with Crippen molar-refractivity contribution in [2.45, 2.75) is 18.2 Å². The molecule has 3 rings (SSSR count). The van der Waals surface area contributed by atoms with Gasteiger partial charge in [0.1, 0.15) is 0 Å². The molecule has 1 aliphatic rings. The first-order chi connectivity index (χ1) is 12.0. The number of anilines is 2. The highest BCUT2D eigenvalue weighted by Crippen LogP contribution is 2.26. The Kier molecular flexibility index (Phi) is 5.06. The fourth-order valence-electron chi connectivity index (χ4n) is 2.96. The van der Waals surface area contributed by atoms with Crippen LogP contribution in [0.5, 0.6) is 0 Å². The highest BCUT2D eigenvalue weighted by atomic mass is 32.2. The Hall–Kier alpha value is -2.38. The van der Waals surface area contributed by atoms with Gasteiger partial charge < -0.3 is 10.2 Å². The zero-order valence-electron chi connectivity index (χ0n) is 14.0. The standard InChI is InChI=1S/C18H21N3O3S/c1-14(22)20-16-6-8-17(9-7-16)25(23,24)19-11-13-21-12-10-15-4-2-3-5-18(15)21/h2-9,19H,10-13H2,1H3,(H,20,22). The number of benzene rings is 2. The van der Waals surface area contributed by atoms with Crippen LogP contribution in [-0.4, -0.2) is 34.0 Å². The number of amides is 1. The van der Waals surface area contributed by atoms with Gasteiger partial charge in [-0.25, -0.2) is 13.1 Å². The Morgan fingerprint density at radius 1 is 1.12 bits per heavy atom. The fraction of sp³-hybridized carbons (Fsp3) is 0.278. The molecule has 0 unspecified atom stereocenters. The topological polar surface area (TPSA) is 78.5 Å². The van der Waals surface area contributed by atoms with E-state index in [1.54, 1.807) is 12.1 Å². The average molecular weight is 359 g/mol. The summed E-state index contributed by atoms with van der Waals surface area (Å²) < 4.78 is 27.4. The minimum absolute atomic E-state index is 0.184. The van der Waals surface area contributed by atoms with E-state index in [-0.39, 0.29) is 10.8 Å². The third-order valence-corrected chi connectivity index (χ3v) is 5.62. The predicted octanol–water partition coefficient (Wildman–Crippen LogP) is 1.99. The molecule has 0 fully saturated rings. The molecule has 0 aliphatic carbocycles. The van der Waals surface area contributed by atoms with Crippen molar-refractivity contribution in [2.24, 2.45) is 0 Å². The zero-order chi connectivity index (χ0) is 17.9. The van der Waals surface area contributed by atoms with Crippen molar-refractivity contribution in [2.75, 3.05) is 29.9 Å². The first-order valence-corrected chi connectivity index (χ1v) is 9.64. The van der Waals surface area contributed by atoms with E-state index in [2.05, 4.69) is 27.1 Å². The number of sulfonamides is 1. The number of hydrogen-bond donors (Lipinski definition) is 2. The number of nitrogens with one attached hydrogen (secondary N) is 2. The Morgan fingerprint density at radius 2 is 1.84 bits per heavy atom. The summed E-state index contributed by atoms with van der Waals surface area (Å²) in [7, 11) is -3.56. The van der Waals surface area contributed by atoms with Crippen molar-refractivity contribution < 1.29 is 13.2 Å². The van der Waals surface area contributed by atoms with E-state index in [0.29, 0.717) is 18.8 Å². The average Bonchev–Trinajstić information content (AvgIpc) is 2.98. The van der Waals surface area contributed by atoms with Crippen LogP contribution in [0.1, 0.15) is 12.5 Å². The summed E-state index contributed by atoms with van der Waals surface area (Å²) in [5.74, 6) is -0.195. The van der Waals surface area contributed by atoms with Gasteiger partial charge in [-0.1, -0.05) is 18.2 Å². The first kappa shape index (κ1) is 17.4. The van der Waals surface area contributed by atoms with Gasteiger partial charge in [-0.2, -0.15) is 0 Å². The van der Waals surface area contributed by atoms with Gasteiger partial charge in [0.2, 0.25) is 15.9 Å². The van der Waals surface area contributed by atoms with E-state index in [1.807, 2.05) is 12.1 Å². The molecule has 0 bridgehead atoms. The molecular weight excluding hydrogens is 338 g/mol. The third-order valence-electron chi connectivity index (χ3n) is 4.14. The summed E-state index contributed by atoms with van der Waals surface area (Å²) >= 11 is 0. The maximum Gasteiger partial charge on any atom is 0.240 e. The van der Waals surface area contributed by atoms with Crippen LogP contribution in [0.2, 0.25) is 0 Å². The van der Waals surface area contributed by atoms with Gasteiger partial charge in [-0.3, -0.25) is 4.79 Å². The van der Waals surface area contributed by atoms with E-state index in [1.165, 1.54) is 30.3 Å². The van der Waals surface area contributed by atoms with Gasteiger partial charge in [-0.05, 0) is 42.3 Å². The molecule has 0 saturated carbocycles. The van der Waals surface area contributed by atoms with Crippen molar-refractivity contribution in [1.82, 2.24) is 4.72 Å². The summed E-state index contributed by atoms with van der Waals surface area (Å²) in [4.78, 5) is 13.4. The van der Waals surface area contributed by atoms with Crippen LogP contribution < -0.4 is 14.9 Å². The Bertz CT molecular complexity index is 863. The maximum atomic E-state index is 12.4. The van der Waals surface area contributed by atoms with Crippen LogP contribution in [0.25, 0.3) is 0 Å². The van der Waals surface area contributed by atoms with Gasteiger partial charge in [0.15, 0.2) is 0 Å². The summed E-state index contributed by atoms with van der Waals surface area (Å²) in [6.45, 7) is 3.28. The first-order valence-electron chi connectivity index (χ1n) is 8.16. The lowest BCUT2D eigenvalue weighted by Gasteiger charge is -2.19. The summed E-state index contributed by atoms with van der Waals surface area (Å²) in [5.41, 5.74) is 3.06. The Morgan fingerprint density at radius 3 is 2.56 bits per heavy atom. The Labute approximate surface area is 147 Å². The van der Waals surface area contributed by atoms with E-state index in [4.69, 9.17) is 0 Å². The minimum Gasteiger partial charge on any atom is -0.370 e. The zero-order valence-corrected chi connectivity index (χ0v) is 14.8. The molecule has 7 heteroatoms. The SMILES string of the molecule is CC(=O)Nc1ccc(S(=O)(=O)NCCN2CCc3ccccc32)cc1. The third kappa shape index (κ3) is 4.18. The van der Waals surface area contributed by atoms with Crippen molar-refractivity contribution in [3.05, 3.63) is 54.1 Å². The second-order valence-corrected chi connectivity index (χ2v) is 7.74. The van der Waals surface area contributed by atoms with Gasteiger partial charge >= 0.3 is 0 Å². The lowest BCUT2D eigenvalue weighted by atomic mass is 10.2. The molecule has 0 spiro atoms. The van der Waals surface area contributed by atoms with Crippen LogP contribution in [0.4, 0.5) is 11.4 Å². The number of carbonyl (C=O) groups excluding carboxylic acids is 1. The van der Waals surface area contributed by atoms with Gasteiger partial charge in [0.05, 0.1) is 4.90 Å². The van der Waals surface area contributed by atoms with Crippen LogP contribution in [-0.2, 0) is 21.2 Å². The summed E-state index contributed by atoms with van der Waals surface area (Å²) in [5, 5.41) is 2.61. The number of hydrogen-bond acceptors (Lipinski definition) is 4. The van der Waals surface area contributed by atoms with Crippen molar-refractivity contribution in [3.8, 4) is 0 Å². The lowest BCUT2D eigenvalue weighted by molar-refractivity contribution is -0.114. The number of rotatable bonds is 6. The normalized spacial score (nSPS) is 13.6. The molecule has 2 aromatic rings. The van der Waals surface area contributed by atoms with E-state index < -0.39 is 10.0 Å². The highest BCUT2D eigenvalue weighted by molar-refractivity contribution is 7.89. The van der Waals surface area contributed by atoms with Gasteiger partial charge in [0.25, 0.3) is 0 Å². The van der Waals surface area contributed by atoms with Crippen LogP contribution in [0.3, 0.4) is 0 Å². The summed E-state index contributed by atoms with van der Waals surface area (Å²) in [6, 6.07) is 14.3. The number of carbonyl (C=O) groups is 1.